The molecular weight excluding hydrogens is 276 g/mol. The Labute approximate surface area is 138 Å². The third-order valence-corrected chi connectivity index (χ3v) is 5.05. The molecule has 0 heteroatoms. The van der Waals surface area contributed by atoms with Gasteiger partial charge in [0, 0.05) is 0 Å². The molecule has 23 heavy (non-hydrogen) atoms. The fourth-order valence-corrected chi connectivity index (χ4v) is 3.59. The number of rotatable bonds is 3. The van der Waals surface area contributed by atoms with Crippen molar-refractivity contribution in [3.05, 3.63) is 94.9 Å². The third-order valence-electron chi connectivity index (χ3n) is 5.05. The molecule has 1 atom stereocenters. The van der Waals surface area contributed by atoms with E-state index >= 15 is 0 Å². The van der Waals surface area contributed by atoms with Crippen LogP contribution in [0.3, 0.4) is 0 Å². The van der Waals surface area contributed by atoms with Crippen molar-refractivity contribution >= 4 is 16.8 Å². The molecule has 1 aliphatic carbocycles. The van der Waals surface area contributed by atoms with Crippen molar-refractivity contribution in [1.29, 1.82) is 0 Å². The smallest absolute Gasteiger partial charge is 0.0572 e. The predicted octanol–water partition coefficient (Wildman–Crippen LogP) is 6.35. The zero-order valence-electron chi connectivity index (χ0n) is 13.7. The van der Waals surface area contributed by atoms with Gasteiger partial charge < -0.3 is 0 Å². The molecule has 0 saturated heterocycles. The maximum Gasteiger partial charge on any atom is 0.0572 e. The van der Waals surface area contributed by atoms with Crippen molar-refractivity contribution in [1.82, 2.24) is 0 Å². The Bertz CT molecular complexity index is 885. The van der Waals surface area contributed by atoms with Gasteiger partial charge in [-0.05, 0) is 45.4 Å². The zero-order valence-corrected chi connectivity index (χ0v) is 13.7. The first-order valence-electron chi connectivity index (χ1n) is 8.46. The number of hydrogen-bond acceptors (Lipinski definition) is 0. The molecule has 0 bridgehead atoms. The van der Waals surface area contributed by atoms with Crippen LogP contribution in [0.2, 0.25) is 0 Å². The Kier molecular flexibility index (Phi) is 3.53. The second kappa shape index (κ2) is 5.70. The summed E-state index contributed by atoms with van der Waals surface area (Å²) in [6.07, 6.45) is 5.69. The van der Waals surface area contributed by atoms with Gasteiger partial charge in [0.15, 0.2) is 0 Å². The summed E-state index contributed by atoms with van der Waals surface area (Å²) in [6, 6.07) is 22.0. The van der Waals surface area contributed by atoms with E-state index in [4.69, 9.17) is 0 Å². The van der Waals surface area contributed by atoms with Crippen molar-refractivity contribution in [3.8, 4) is 0 Å². The van der Waals surface area contributed by atoms with E-state index in [9.17, 15) is 0 Å². The molecule has 0 nitrogen and oxygen atoms in total. The quantitative estimate of drug-likeness (QED) is 0.528. The summed E-state index contributed by atoms with van der Waals surface area (Å²) < 4.78 is 0. The first-order valence-corrected chi connectivity index (χ1v) is 8.46. The van der Waals surface area contributed by atoms with E-state index < -0.39 is 0 Å². The normalized spacial score (nSPS) is 15.0. The summed E-state index contributed by atoms with van der Waals surface area (Å²) in [5.41, 5.74) is 5.56. The van der Waals surface area contributed by atoms with Crippen LogP contribution in [-0.2, 0) is 0 Å². The standard InChI is InChI=1S/C23H21/c1-3-16(2)19-14-12-18-9-5-7-11-21(18)23(19)22-15-13-17-8-4-6-10-20(17)22/h4-16H,3H2,1-2H3. The lowest BCUT2D eigenvalue weighted by molar-refractivity contribution is 0.729. The first kappa shape index (κ1) is 14.3. The second-order valence-corrected chi connectivity index (χ2v) is 6.39. The monoisotopic (exact) mass is 297 g/mol. The van der Waals surface area contributed by atoms with Crippen LogP contribution in [0.5, 0.6) is 0 Å². The van der Waals surface area contributed by atoms with Crippen molar-refractivity contribution in [2.24, 2.45) is 0 Å². The first-order chi connectivity index (χ1) is 11.3. The summed E-state index contributed by atoms with van der Waals surface area (Å²) in [4.78, 5) is 0. The summed E-state index contributed by atoms with van der Waals surface area (Å²) >= 11 is 0. The third kappa shape index (κ3) is 2.30. The molecule has 1 radical (unpaired) electrons. The van der Waals surface area contributed by atoms with E-state index in [1.165, 1.54) is 38.9 Å². The molecule has 0 spiro atoms. The zero-order chi connectivity index (χ0) is 15.8. The molecule has 4 rings (SSSR count). The molecule has 0 amide bonds. The van der Waals surface area contributed by atoms with Crippen molar-refractivity contribution in [2.45, 2.75) is 26.2 Å². The van der Waals surface area contributed by atoms with E-state index in [1.54, 1.807) is 0 Å². The largest absolute Gasteiger partial charge is 0.0674 e. The topological polar surface area (TPSA) is 0 Å². The molecule has 113 valence electrons. The Morgan fingerprint density at radius 3 is 2.48 bits per heavy atom. The van der Waals surface area contributed by atoms with Gasteiger partial charge in [-0.15, -0.1) is 0 Å². The highest BCUT2D eigenvalue weighted by Gasteiger charge is 2.25. The molecule has 0 aliphatic heterocycles. The number of benzene rings is 3. The summed E-state index contributed by atoms with van der Waals surface area (Å²) in [5, 5.41) is 2.68. The molecule has 0 saturated carbocycles. The molecule has 1 unspecified atom stereocenters. The maximum atomic E-state index is 2.33. The van der Waals surface area contributed by atoms with Gasteiger partial charge in [0.05, 0.1) is 5.92 Å². The average Bonchev–Trinajstić information content (AvgIpc) is 3.04. The fourth-order valence-electron chi connectivity index (χ4n) is 3.59. The molecule has 0 fully saturated rings. The molecule has 3 aromatic carbocycles. The second-order valence-electron chi connectivity index (χ2n) is 6.39. The van der Waals surface area contributed by atoms with Gasteiger partial charge in [-0.25, -0.2) is 0 Å². The van der Waals surface area contributed by atoms with Crippen molar-refractivity contribution in [3.63, 3.8) is 0 Å². The highest BCUT2D eigenvalue weighted by molar-refractivity contribution is 5.92. The Balaban J connectivity index is 2.00. The lowest BCUT2D eigenvalue weighted by atomic mass is 9.81. The van der Waals surface area contributed by atoms with Crippen LogP contribution in [0.25, 0.3) is 16.8 Å². The highest BCUT2D eigenvalue weighted by atomic mass is 14.3. The van der Waals surface area contributed by atoms with E-state index in [0.29, 0.717) is 5.92 Å². The van der Waals surface area contributed by atoms with Crippen LogP contribution in [0.15, 0.2) is 66.7 Å². The highest BCUT2D eigenvalue weighted by Crippen LogP contribution is 2.41. The lowest BCUT2D eigenvalue weighted by Crippen LogP contribution is -2.05. The maximum absolute atomic E-state index is 2.33. The molecule has 1 aliphatic rings. The Morgan fingerprint density at radius 1 is 0.826 bits per heavy atom. The Morgan fingerprint density at radius 2 is 1.61 bits per heavy atom. The van der Waals surface area contributed by atoms with Gasteiger partial charge in [0.25, 0.3) is 0 Å². The van der Waals surface area contributed by atoms with Gasteiger partial charge in [-0.2, -0.15) is 0 Å². The average molecular weight is 297 g/mol. The van der Waals surface area contributed by atoms with Gasteiger partial charge >= 0.3 is 0 Å². The fraction of sp³-hybridized carbons (Fsp3) is 0.174. The lowest BCUT2D eigenvalue weighted by Gasteiger charge is -2.22. The molecular formula is C23H21. The summed E-state index contributed by atoms with van der Waals surface area (Å²) in [6.45, 7) is 4.60. The van der Waals surface area contributed by atoms with E-state index in [1.807, 2.05) is 0 Å². The number of hydrogen-bond donors (Lipinski definition) is 0. The number of allylic oxidation sites excluding steroid dienone is 1. The van der Waals surface area contributed by atoms with Crippen LogP contribution in [-0.4, -0.2) is 0 Å². The minimum absolute atomic E-state index is 0.559. The van der Waals surface area contributed by atoms with E-state index in [0.717, 1.165) is 6.42 Å². The van der Waals surface area contributed by atoms with Crippen LogP contribution in [0, 0.1) is 5.92 Å². The van der Waals surface area contributed by atoms with Crippen LogP contribution >= 0.6 is 0 Å². The SMILES string of the molecule is CCC(C)c1ccc2ccccc2c1[C]1C=Cc2ccccc21. The number of fused-ring (bicyclic) bond motifs is 2. The van der Waals surface area contributed by atoms with Crippen LogP contribution in [0.1, 0.15) is 48.4 Å². The van der Waals surface area contributed by atoms with Gasteiger partial charge in [0.2, 0.25) is 0 Å². The van der Waals surface area contributed by atoms with Gasteiger partial charge in [0.1, 0.15) is 0 Å². The van der Waals surface area contributed by atoms with Crippen molar-refractivity contribution < 1.29 is 0 Å². The molecule has 0 aromatic heterocycles. The Hall–Kier alpha value is -2.34. The van der Waals surface area contributed by atoms with Crippen LogP contribution in [0.4, 0.5) is 0 Å². The molecule has 0 N–H and O–H groups in total. The van der Waals surface area contributed by atoms with E-state index in [2.05, 4.69) is 86.7 Å². The molecule has 0 heterocycles. The molecule has 3 aromatic rings. The van der Waals surface area contributed by atoms with Gasteiger partial charge in [-0.3, -0.25) is 0 Å². The predicted molar refractivity (Wildman–Crippen MR) is 99.6 cm³/mol. The van der Waals surface area contributed by atoms with Gasteiger partial charge in [-0.1, -0.05) is 86.7 Å². The van der Waals surface area contributed by atoms with Crippen molar-refractivity contribution in [2.75, 3.05) is 0 Å². The van der Waals surface area contributed by atoms with E-state index in [-0.39, 0.29) is 0 Å². The summed E-state index contributed by atoms with van der Waals surface area (Å²) in [7, 11) is 0. The minimum Gasteiger partial charge on any atom is -0.0674 e. The van der Waals surface area contributed by atoms with Crippen LogP contribution < -0.4 is 0 Å². The summed E-state index contributed by atoms with van der Waals surface area (Å²) in [5.74, 6) is 1.93. The minimum atomic E-state index is 0.559.